The lowest BCUT2D eigenvalue weighted by molar-refractivity contribution is -0.139. The number of carboxylic acid groups (broad SMARTS) is 1. The summed E-state index contributed by atoms with van der Waals surface area (Å²) in [5, 5.41) is 8.55. The van der Waals surface area contributed by atoms with Crippen LogP contribution in [0.1, 0.15) is 5.69 Å². The second-order valence-electron chi connectivity index (χ2n) is 3.59. The molecule has 6 heteroatoms. The summed E-state index contributed by atoms with van der Waals surface area (Å²) in [5.74, 6) is -0.314. The fraction of sp³-hybridized carbons (Fsp3) is 0.167. The van der Waals surface area contributed by atoms with Crippen molar-refractivity contribution in [1.29, 1.82) is 0 Å². The second kappa shape index (κ2) is 5.22. The second-order valence-corrected chi connectivity index (χ2v) is 3.59. The Bertz CT molecular complexity index is 558. The number of aliphatic carboxylic acids is 1. The molecule has 92 valence electrons. The number of hydrogen-bond donors (Lipinski definition) is 1. The molecule has 0 saturated carbocycles. The van der Waals surface area contributed by atoms with Crippen LogP contribution in [0.15, 0.2) is 30.6 Å². The van der Waals surface area contributed by atoms with Gasteiger partial charge in [-0.05, 0) is 19.1 Å². The quantitative estimate of drug-likeness (QED) is 0.874. The molecule has 0 aliphatic rings. The van der Waals surface area contributed by atoms with Crippen molar-refractivity contribution in [2.75, 3.05) is 6.61 Å². The summed E-state index contributed by atoms with van der Waals surface area (Å²) in [4.78, 5) is 22.8. The molecule has 0 spiro atoms. The van der Waals surface area contributed by atoms with E-state index in [1.807, 2.05) is 0 Å². The number of aryl methyl sites for hydroxylation is 1. The third kappa shape index (κ3) is 3.00. The van der Waals surface area contributed by atoms with Gasteiger partial charge in [0.05, 0.1) is 0 Å². The minimum atomic E-state index is -1.04. The van der Waals surface area contributed by atoms with Gasteiger partial charge in [-0.25, -0.2) is 9.78 Å². The number of carbonyl (C=O) groups is 1. The number of aromatic nitrogens is 3. The number of pyridine rings is 1. The van der Waals surface area contributed by atoms with E-state index < -0.39 is 12.6 Å². The zero-order valence-corrected chi connectivity index (χ0v) is 9.70. The Hall–Kier alpha value is -2.50. The lowest BCUT2D eigenvalue weighted by atomic mass is 10.2. The Morgan fingerprint density at radius 1 is 1.33 bits per heavy atom. The Labute approximate surface area is 103 Å². The monoisotopic (exact) mass is 245 g/mol. The molecule has 0 fully saturated rings. The fourth-order valence-electron chi connectivity index (χ4n) is 1.38. The average Bonchev–Trinajstić information content (AvgIpc) is 2.37. The zero-order valence-electron chi connectivity index (χ0n) is 9.70. The molecule has 2 rings (SSSR count). The lowest BCUT2D eigenvalue weighted by Crippen LogP contribution is -2.11. The molecule has 0 aromatic carbocycles. The van der Waals surface area contributed by atoms with Gasteiger partial charge >= 0.3 is 5.97 Å². The van der Waals surface area contributed by atoms with Crippen LogP contribution in [0.5, 0.6) is 5.88 Å². The highest BCUT2D eigenvalue weighted by Crippen LogP contribution is 2.17. The molecule has 2 heterocycles. The van der Waals surface area contributed by atoms with E-state index in [0.29, 0.717) is 11.5 Å². The topological polar surface area (TPSA) is 85.2 Å². The van der Waals surface area contributed by atoms with E-state index in [1.165, 1.54) is 0 Å². The summed E-state index contributed by atoms with van der Waals surface area (Å²) in [6, 6.07) is 5.14. The van der Waals surface area contributed by atoms with Crippen molar-refractivity contribution < 1.29 is 14.6 Å². The van der Waals surface area contributed by atoms with Crippen molar-refractivity contribution >= 4 is 5.97 Å². The Kier molecular flexibility index (Phi) is 3.47. The Balaban J connectivity index is 2.29. The van der Waals surface area contributed by atoms with Gasteiger partial charge in [0.15, 0.2) is 12.4 Å². The van der Waals surface area contributed by atoms with E-state index in [0.717, 1.165) is 5.56 Å². The summed E-state index contributed by atoms with van der Waals surface area (Å²) >= 11 is 0. The van der Waals surface area contributed by atoms with E-state index in [4.69, 9.17) is 9.84 Å². The molecule has 1 N–H and O–H groups in total. The normalized spacial score (nSPS) is 10.1. The summed E-state index contributed by atoms with van der Waals surface area (Å²) in [6.45, 7) is 1.37. The van der Waals surface area contributed by atoms with Crippen LogP contribution in [-0.4, -0.2) is 32.6 Å². The first kappa shape index (κ1) is 12.0. The number of nitrogens with zero attached hydrogens (tertiary/aromatic N) is 3. The van der Waals surface area contributed by atoms with Crippen LogP contribution >= 0.6 is 0 Å². The van der Waals surface area contributed by atoms with Gasteiger partial charge in [-0.3, -0.25) is 4.98 Å². The molecule has 2 aromatic rings. The maximum atomic E-state index is 10.4. The van der Waals surface area contributed by atoms with Crippen LogP contribution in [0.3, 0.4) is 0 Å². The van der Waals surface area contributed by atoms with Gasteiger partial charge in [0.1, 0.15) is 0 Å². The molecule has 0 aliphatic carbocycles. The summed E-state index contributed by atoms with van der Waals surface area (Å²) in [5.41, 5.74) is 1.51. The highest BCUT2D eigenvalue weighted by atomic mass is 16.5. The van der Waals surface area contributed by atoms with E-state index in [9.17, 15) is 4.79 Å². The smallest absolute Gasteiger partial charge is 0.341 e. The Morgan fingerprint density at radius 2 is 2.06 bits per heavy atom. The molecule has 18 heavy (non-hydrogen) atoms. The van der Waals surface area contributed by atoms with E-state index >= 15 is 0 Å². The van der Waals surface area contributed by atoms with Crippen LogP contribution in [0.4, 0.5) is 0 Å². The largest absolute Gasteiger partial charge is 0.479 e. The predicted molar refractivity (Wildman–Crippen MR) is 63.1 cm³/mol. The van der Waals surface area contributed by atoms with Gasteiger partial charge in [-0.1, -0.05) is 0 Å². The maximum Gasteiger partial charge on any atom is 0.341 e. The molecular weight excluding hydrogens is 234 g/mol. The summed E-state index contributed by atoms with van der Waals surface area (Å²) in [6.07, 6.45) is 3.28. The average molecular weight is 245 g/mol. The first-order valence-electron chi connectivity index (χ1n) is 5.26. The highest BCUT2D eigenvalue weighted by Gasteiger charge is 2.07. The van der Waals surface area contributed by atoms with Gasteiger partial charge in [-0.15, -0.1) is 0 Å². The number of hydrogen-bond acceptors (Lipinski definition) is 5. The number of rotatable bonds is 4. The molecule has 0 unspecified atom stereocenters. The molecule has 0 radical (unpaired) electrons. The van der Waals surface area contributed by atoms with Gasteiger partial charge in [0.2, 0.25) is 5.88 Å². The van der Waals surface area contributed by atoms with Gasteiger partial charge in [-0.2, -0.15) is 4.98 Å². The van der Waals surface area contributed by atoms with E-state index in [1.54, 1.807) is 37.5 Å². The van der Waals surface area contributed by atoms with Crippen molar-refractivity contribution in [3.8, 4) is 17.3 Å². The van der Waals surface area contributed by atoms with E-state index in [-0.39, 0.29) is 5.88 Å². The first-order valence-corrected chi connectivity index (χ1v) is 5.26. The number of ether oxygens (including phenoxy) is 1. The number of carboxylic acids is 1. The summed E-state index contributed by atoms with van der Waals surface area (Å²) in [7, 11) is 0. The van der Waals surface area contributed by atoms with Crippen LogP contribution in [-0.2, 0) is 4.79 Å². The third-order valence-corrected chi connectivity index (χ3v) is 2.11. The van der Waals surface area contributed by atoms with Gasteiger partial charge in [0.25, 0.3) is 0 Å². The minimum absolute atomic E-state index is 0.247. The molecule has 2 aromatic heterocycles. The molecule has 0 bridgehead atoms. The molecule has 0 atom stereocenters. The van der Waals surface area contributed by atoms with Crippen molar-refractivity contribution in [1.82, 2.24) is 15.0 Å². The van der Waals surface area contributed by atoms with Crippen LogP contribution < -0.4 is 4.74 Å². The zero-order chi connectivity index (χ0) is 13.0. The van der Waals surface area contributed by atoms with Gasteiger partial charge < -0.3 is 9.84 Å². The Morgan fingerprint density at radius 3 is 2.72 bits per heavy atom. The molecule has 0 amide bonds. The van der Waals surface area contributed by atoms with Crippen molar-refractivity contribution in [3.05, 3.63) is 36.3 Å². The molecule has 0 aliphatic heterocycles. The van der Waals surface area contributed by atoms with Crippen molar-refractivity contribution in [3.63, 3.8) is 0 Å². The molecular formula is C12H11N3O3. The molecule has 0 saturated heterocycles. The van der Waals surface area contributed by atoms with Crippen molar-refractivity contribution in [2.24, 2.45) is 0 Å². The fourth-order valence-corrected chi connectivity index (χ4v) is 1.38. The maximum absolute atomic E-state index is 10.4. The van der Waals surface area contributed by atoms with Gasteiger partial charge in [0, 0.05) is 29.7 Å². The standard InChI is InChI=1S/C12H11N3O3/c1-8-6-10(18-7-11(16)17)15-12(14-8)9-2-4-13-5-3-9/h2-6H,7H2,1H3,(H,16,17). The molecule has 6 nitrogen and oxygen atoms in total. The first-order chi connectivity index (χ1) is 8.65. The van der Waals surface area contributed by atoms with Crippen LogP contribution in [0.2, 0.25) is 0 Å². The SMILES string of the molecule is Cc1cc(OCC(=O)O)nc(-c2ccncc2)n1. The summed E-state index contributed by atoms with van der Waals surface area (Å²) < 4.78 is 5.04. The van der Waals surface area contributed by atoms with Crippen LogP contribution in [0.25, 0.3) is 11.4 Å². The van der Waals surface area contributed by atoms with Crippen LogP contribution in [0, 0.1) is 6.92 Å². The predicted octanol–water partition coefficient (Wildman–Crippen LogP) is 1.31. The minimum Gasteiger partial charge on any atom is -0.479 e. The van der Waals surface area contributed by atoms with E-state index in [2.05, 4.69) is 15.0 Å². The van der Waals surface area contributed by atoms with Crippen molar-refractivity contribution in [2.45, 2.75) is 6.92 Å². The highest BCUT2D eigenvalue weighted by molar-refractivity contribution is 5.68. The lowest BCUT2D eigenvalue weighted by Gasteiger charge is -2.06. The third-order valence-electron chi connectivity index (χ3n) is 2.11.